The van der Waals surface area contributed by atoms with Gasteiger partial charge >= 0.3 is 0 Å². The molecule has 1 aliphatic rings. The van der Waals surface area contributed by atoms with E-state index in [9.17, 15) is 5.11 Å². The van der Waals surface area contributed by atoms with E-state index in [-0.39, 0.29) is 11.5 Å². The summed E-state index contributed by atoms with van der Waals surface area (Å²) in [5.74, 6) is 0. The van der Waals surface area contributed by atoms with E-state index in [0.717, 1.165) is 18.7 Å². The lowest BCUT2D eigenvalue weighted by Gasteiger charge is -2.29. The fraction of sp³-hybridized carbons (Fsp3) is 0.684. The molecule has 2 nitrogen and oxygen atoms in total. The van der Waals surface area contributed by atoms with E-state index in [4.69, 9.17) is 0 Å². The molecular weight excluding hydrogens is 258 g/mol. The molecule has 2 heteroatoms. The van der Waals surface area contributed by atoms with Crippen LogP contribution in [0.1, 0.15) is 70.6 Å². The minimum absolute atomic E-state index is 0.169. The predicted molar refractivity (Wildman–Crippen MR) is 89.6 cm³/mol. The van der Waals surface area contributed by atoms with E-state index in [2.05, 4.69) is 56.9 Å². The van der Waals surface area contributed by atoms with Crippen molar-refractivity contribution in [2.75, 3.05) is 13.1 Å². The van der Waals surface area contributed by atoms with Gasteiger partial charge in [-0.25, -0.2) is 0 Å². The van der Waals surface area contributed by atoms with Gasteiger partial charge in [0.15, 0.2) is 0 Å². The molecule has 0 aromatic heterocycles. The Morgan fingerprint density at radius 2 is 1.81 bits per heavy atom. The Balaban J connectivity index is 2.00. The first-order valence-electron chi connectivity index (χ1n) is 8.40. The minimum atomic E-state index is -0.375. The Hall–Kier alpha value is -0.860. The first-order valence-corrected chi connectivity index (χ1v) is 8.40. The average molecular weight is 289 g/mol. The molecule has 0 spiro atoms. The zero-order valence-corrected chi connectivity index (χ0v) is 14.1. The summed E-state index contributed by atoms with van der Waals surface area (Å²) >= 11 is 0. The summed E-state index contributed by atoms with van der Waals surface area (Å²) in [4.78, 5) is 2.45. The van der Waals surface area contributed by atoms with E-state index < -0.39 is 0 Å². The molecule has 2 atom stereocenters. The lowest BCUT2D eigenvalue weighted by atomic mass is 9.86. The van der Waals surface area contributed by atoms with Crippen LogP contribution in [0.2, 0.25) is 0 Å². The van der Waals surface area contributed by atoms with Gasteiger partial charge in [-0.3, -0.25) is 4.90 Å². The molecule has 0 amide bonds. The summed E-state index contributed by atoms with van der Waals surface area (Å²) < 4.78 is 0. The van der Waals surface area contributed by atoms with Crippen LogP contribution in [0, 0.1) is 0 Å². The van der Waals surface area contributed by atoms with Gasteiger partial charge in [-0.15, -0.1) is 0 Å². The largest absolute Gasteiger partial charge is 0.387 e. The Labute approximate surface area is 130 Å². The molecule has 2 unspecified atom stereocenters. The molecule has 1 fully saturated rings. The third kappa shape index (κ3) is 4.55. The van der Waals surface area contributed by atoms with Crippen molar-refractivity contribution >= 4 is 0 Å². The highest BCUT2D eigenvalue weighted by molar-refractivity contribution is 5.28. The van der Waals surface area contributed by atoms with Crippen LogP contribution in [0.5, 0.6) is 0 Å². The highest BCUT2D eigenvalue weighted by Gasteiger charge is 2.21. The number of hydrogen-bond acceptors (Lipinski definition) is 2. The number of hydrogen-bond donors (Lipinski definition) is 1. The molecule has 0 radical (unpaired) electrons. The van der Waals surface area contributed by atoms with Crippen molar-refractivity contribution < 1.29 is 5.11 Å². The summed E-state index contributed by atoms with van der Waals surface area (Å²) in [7, 11) is 0. The normalized spacial score (nSPS) is 22.8. The molecule has 1 aliphatic heterocycles. The maximum atomic E-state index is 10.5. The molecule has 1 saturated heterocycles. The number of β-amino-alcohol motifs (C(OH)–C–C–N with tert-alkyl or cyclic N) is 1. The maximum absolute atomic E-state index is 10.5. The van der Waals surface area contributed by atoms with E-state index in [1.165, 1.54) is 31.2 Å². The second kappa shape index (κ2) is 6.93. The van der Waals surface area contributed by atoms with Crippen molar-refractivity contribution in [3.63, 3.8) is 0 Å². The minimum Gasteiger partial charge on any atom is -0.387 e. The van der Waals surface area contributed by atoms with Crippen LogP contribution in [0.3, 0.4) is 0 Å². The SMILES string of the molecule is CC1CCCCCN1CC(O)c1ccc(C(C)(C)C)cc1. The van der Waals surface area contributed by atoms with Crippen molar-refractivity contribution in [2.45, 2.75) is 70.9 Å². The molecule has 21 heavy (non-hydrogen) atoms. The van der Waals surface area contributed by atoms with Gasteiger partial charge in [-0.05, 0) is 42.9 Å². The number of aliphatic hydroxyl groups excluding tert-OH is 1. The summed E-state index contributed by atoms with van der Waals surface area (Å²) in [6, 6.07) is 9.09. The second-order valence-corrected chi connectivity index (χ2v) is 7.58. The van der Waals surface area contributed by atoms with Gasteiger partial charge in [0.1, 0.15) is 0 Å². The summed E-state index contributed by atoms with van der Waals surface area (Å²) in [6.07, 6.45) is 4.81. The van der Waals surface area contributed by atoms with Crippen LogP contribution in [0.25, 0.3) is 0 Å². The van der Waals surface area contributed by atoms with Gasteiger partial charge in [0.05, 0.1) is 6.10 Å². The number of aliphatic hydroxyl groups is 1. The first kappa shape index (κ1) is 16.5. The van der Waals surface area contributed by atoms with E-state index >= 15 is 0 Å². The van der Waals surface area contributed by atoms with Gasteiger partial charge < -0.3 is 5.11 Å². The van der Waals surface area contributed by atoms with Crippen molar-refractivity contribution in [1.82, 2.24) is 4.90 Å². The van der Waals surface area contributed by atoms with Crippen molar-refractivity contribution in [2.24, 2.45) is 0 Å². The zero-order chi connectivity index (χ0) is 15.5. The average Bonchev–Trinajstić information content (AvgIpc) is 2.63. The van der Waals surface area contributed by atoms with E-state index in [0.29, 0.717) is 6.04 Å². The molecule has 1 aromatic rings. The topological polar surface area (TPSA) is 23.5 Å². The highest BCUT2D eigenvalue weighted by atomic mass is 16.3. The second-order valence-electron chi connectivity index (χ2n) is 7.58. The Morgan fingerprint density at radius 1 is 1.14 bits per heavy atom. The molecular formula is C19H31NO. The quantitative estimate of drug-likeness (QED) is 0.897. The van der Waals surface area contributed by atoms with Crippen LogP contribution in [-0.4, -0.2) is 29.1 Å². The molecule has 1 aromatic carbocycles. The molecule has 0 saturated carbocycles. The van der Waals surface area contributed by atoms with Gasteiger partial charge in [0.2, 0.25) is 0 Å². The molecule has 118 valence electrons. The highest BCUT2D eigenvalue weighted by Crippen LogP contribution is 2.25. The lowest BCUT2D eigenvalue weighted by Crippen LogP contribution is -2.36. The van der Waals surface area contributed by atoms with Crippen LogP contribution < -0.4 is 0 Å². The van der Waals surface area contributed by atoms with Crippen LogP contribution in [-0.2, 0) is 5.41 Å². The molecule has 2 rings (SSSR count). The van der Waals surface area contributed by atoms with Crippen LogP contribution in [0.15, 0.2) is 24.3 Å². The van der Waals surface area contributed by atoms with Gasteiger partial charge in [-0.1, -0.05) is 57.9 Å². The Morgan fingerprint density at radius 3 is 2.43 bits per heavy atom. The van der Waals surface area contributed by atoms with E-state index in [1.54, 1.807) is 0 Å². The standard InChI is InChI=1S/C19H31NO/c1-15-8-6-5-7-13-20(15)14-18(21)16-9-11-17(12-10-16)19(2,3)4/h9-12,15,18,21H,5-8,13-14H2,1-4H3. The van der Waals surface area contributed by atoms with Gasteiger partial charge in [0.25, 0.3) is 0 Å². The number of benzene rings is 1. The zero-order valence-electron chi connectivity index (χ0n) is 14.1. The smallest absolute Gasteiger partial charge is 0.0917 e. The fourth-order valence-corrected chi connectivity index (χ4v) is 3.14. The van der Waals surface area contributed by atoms with Crippen molar-refractivity contribution in [3.8, 4) is 0 Å². The number of likely N-dealkylation sites (tertiary alicyclic amines) is 1. The predicted octanol–water partition coefficient (Wildman–Crippen LogP) is 4.28. The van der Waals surface area contributed by atoms with E-state index in [1.807, 2.05) is 0 Å². The Kier molecular flexibility index (Phi) is 5.45. The third-order valence-corrected chi connectivity index (χ3v) is 4.76. The summed E-state index contributed by atoms with van der Waals surface area (Å²) in [6.45, 7) is 10.8. The number of nitrogens with zero attached hydrogens (tertiary/aromatic N) is 1. The van der Waals surface area contributed by atoms with Crippen molar-refractivity contribution in [3.05, 3.63) is 35.4 Å². The summed E-state index contributed by atoms with van der Waals surface area (Å²) in [5.41, 5.74) is 2.53. The van der Waals surface area contributed by atoms with Crippen LogP contribution in [0.4, 0.5) is 0 Å². The Bertz CT molecular complexity index is 432. The van der Waals surface area contributed by atoms with Gasteiger partial charge in [0, 0.05) is 12.6 Å². The maximum Gasteiger partial charge on any atom is 0.0917 e. The molecule has 0 bridgehead atoms. The third-order valence-electron chi connectivity index (χ3n) is 4.76. The first-order chi connectivity index (χ1) is 9.88. The lowest BCUT2D eigenvalue weighted by molar-refractivity contribution is 0.0928. The van der Waals surface area contributed by atoms with Crippen molar-refractivity contribution in [1.29, 1.82) is 0 Å². The molecule has 0 aliphatic carbocycles. The number of rotatable bonds is 3. The van der Waals surface area contributed by atoms with Gasteiger partial charge in [-0.2, -0.15) is 0 Å². The summed E-state index contributed by atoms with van der Waals surface area (Å²) in [5, 5.41) is 10.5. The molecule has 1 N–H and O–H groups in total. The van der Waals surface area contributed by atoms with Crippen LogP contribution >= 0.6 is 0 Å². The monoisotopic (exact) mass is 289 g/mol. The molecule has 1 heterocycles. The fourth-order valence-electron chi connectivity index (χ4n) is 3.14.